The minimum atomic E-state index is -3.44. The van der Waals surface area contributed by atoms with Crippen molar-refractivity contribution in [2.45, 2.75) is 36.8 Å². The van der Waals surface area contributed by atoms with Gasteiger partial charge in [-0.15, -0.1) is 0 Å². The zero-order valence-electron chi connectivity index (χ0n) is 18.1. The van der Waals surface area contributed by atoms with E-state index in [0.29, 0.717) is 33.8 Å². The number of oxazole rings is 1. The molecule has 4 aromatic rings. The fourth-order valence-corrected chi connectivity index (χ4v) is 4.58. The molecule has 3 aromatic carbocycles. The number of carbonyl (C=O) groups excluding carboxylic acids is 1. The molecule has 0 aliphatic carbocycles. The lowest BCUT2D eigenvalue weighted by Crippen LogP contribution is -2.12. The highest BCUT2D eigenvalue weighted by Gasteiger charge is 2.21. The van der Waals surface area contributed by atoms with Crippen LogP contribution >= 0.6 is 0 Å². The van der Waals surface area contributed by atoms with Gasteiger partial charge < -0.3 is 9.73 Å². The number of hydrogen-bond donors (Lipinski definition) is 1. The highest BCUT2D eigenvalue weighted by atomic mass is 32.2. The number of anilines is 1. The summed E-state index contributed by atoms with van der Waals surface area (Å²) in [6.45, 7) is 6.07. The quantitative estimate of drug-likeness (QED) is 0.444. The number of amides is 1. The van der Waals surface area contributed by atoms with Crippen LogP contribution in [0.4, 0.5) is 5.69 Å². The summed E-state index contributed by atoms with van der Waals surface area (Å²) in [5.41, 5.74) is 2.78. The second kappa shape index (κ2) is 8.24. The molecule has 0 radical (unpaired) electrons. The van der Waals surface area contributed by atoms with E-state index in [4.69, 9.17) is 4.42 Å². The molecule has 4 rings (SSSR count). The summed E-state index contributed by atoms with van der Waals surface area (Å²) in [4.78, 5) is 17.5. The van der Waals surface area contributed by atoms with Gasteiger partial charge in [0.05, 0.1) is 10.6 Å². The first kappa shape index (κ1) is 21.8. The highest BCUT2D eigenvalue weighted by Crippen LogP contribution is 2.27. The first-order valence-electron chi connectivity index (χ1n) is 10.2. The smallest absolute Gasteiger partial charge is 0.255 e. The SMILES string of the molecule is CC(C)(C)c1nc2cc(NC(=O)c3ccc(CS(=O)(=O)c4ccccc4)cc3)ccc2o1. The molecular formula is C25H24N2O4S. The molecule has 0 bridgehead atoms. The number of nitrogens with zero attached hydrogens (tertiary/aromatic N) is 1. The summed E-state index contributed by atoms with van der Waals surface area (Å²) in [6.07, 6.45) is 0. The van der Waals surface area contributed by atoms with Crippen molar-refractivity contribution in [3.8, 4) is 0 Å². The monoisotopic (exact) mass is 448 g/mol. The second-order valence-corrected chi connectivity index (χ2v) is 10.7. The lowest BCUT2D eigenvalue weighted by atomic mass is 9.97. The Morgan fingerprint density at radius 3 is 2.31 bits per heavy atom. The van der Waals surface area contributed by atoms with Crippen LogP contribution < -0.4 is 5.32 Å². The van der Waals surface area contributed by atoms with Gasteiger partial charge in [-0.25, -0.2) is 13.4 Å². The van der Waals surface area contributed by atoms with E-state index in [0.717, 1.165) is 0 Å². The van der Waals surface area contributed by atoms with Gasteiger partial charge in [0.2, 0.25) is 5.89 Å². The average Bonchev–Trinajstić information content (AvgIpc) is 3.19. The molecule has 1 aromatic heterocycles. The second-order valence-electron chi connectivity index (χ2n) is 8.67. The number of sulfone groups is 1. The number of rotatable bonds is 5. The molecule has 0 saturated carbocycles. The predicted octanol–water partition coefficient (Wildman–Crippen LogP) is 5.35. The molecule has 0 unspecified atom stereocenters. The van der Waals surface area contributed by atoms with Gasteiger partial charge >= 0.3 is 0 Å². The summed E-state index contributed by atoms with van der Waals surface area (Å²) < 4.78 is 30.9. The van der Waals surface area contributed by atoms with E-state index in [2.05, 4.69) is 10.3 Å². The Kier molecular flexibility index (Phi) is 5.60. The van der Waals surface area contributed by atoms with Crippen LogP contribution in [0.3, 0.4) is 0 Å². The maximum Gasteiger partial charge on any atom is 0.255 e. The molecule has 1 amide bonds. The highest BCUT2D eigenvalue weighted by molar-refractivity contribution is 7.90. The standard InChI is InChI=1S/C25H24N2O4S/c1-25(2,3)24-27-21-15-19(13-14-22(21)31-24)26-23(28)18-11-9-17(10-12-18)16-32(29,30)20-7-5-4-6-8-20/h4-15H,16H2,1-3H3,(H,26,28). The van der Waals surface area contributed by atoms with E-state index < -0.39 is 9.84 Å². The van der Waals surface area contributed by atoms with E-state index in [1.807, 2.05) is 20.8 Å². The molecule has 0 aliphatic heterocycles. The maximum atomic E-state index is 12.7. The van der Waals surface area contributed by atoms with Gasteiger partial charge in [-0.3, -0.25) is 4.79 Å². The van der Waals surface area contributed by atoms with Crippen molar-refractivity contribution in [1.29, 1.82) is 0 Å². The van der Waals surface area contributed by atoms with Crippen molar-refractivity contribution in [2.24, 2.45) is 0 Å². The molecule has 0 aliphatic rings. The lowest BCUT2D eigenvalue weighted by Gasteiger charge is -2.11. The van der Waals surface area contributed by atoms with Crippen molar-refractivity contribution in [1.82, 2.24) is 4.98 Å². The van der Waals surface area contributed by atoms with Gasteiger partial charge in [-0.05, 0) is 48.0 Å². The maximum absolute atomic E-state index is 12.7. The van der Waals surface area contributed by atoms with E-state index in [-0.39, 0.29) is 22.0 Å². The molecule has 0 saturated heterocycles. The Balaban J connectivity index is 1.47. The zero-order chi connectivity index (χ0) is 22.9. The van der Waals surface area contributed by atoms with Crippen LogP contribution in [0.25, 0.3) is 11.1 Å². The van der Waals surface area contributed by atoms with Crippen LogP contribution in [0.2, 0.25) is 0 Å². The van der Waals surface area contributed by atoms with Crippen molar-refractivity contribution in [3.63, 3.8) is 0 Å². The zero-order valence-corrected chi connectivity index (χ0v) is 18.9. The van der Waals surface area contributed by atoms with Crippen LogP contribution in [-0.4, -0.2) is 19.3 Å². The van der Waals surface area contributed by atoms with Crippen LogP contribution in [0, 0.1) is 0 Å². The molecular weight excluding hydrogens is 424 g/mol. The fraction of sp³-hybridized carbons (Fsp3) is 0.200. The molecule has 1 heterocycles. The number of fused-ring (bicyclic) bond motifs is 1. The van der Waals surface area contributed by atoms with Gasteiger partial charge in [0.25, 0.3) is 5.91 Å². The normalized spacial score (nSPS) is 12.1. The lowest BCUT2D eigenvalue weighted by molar-refractivity contribution is 0.102. The van der Waals surface area contributed by atoms with Crippen LogP contribution in [-0.2, 0) is 21.0 Å². The number of benzene rings is 3. The van der Waals surface area contributed by atoms with Crippen LogP contribution in [0.1, 0.15) is 42.6 Å². The van der Waals surface area contributed by atoms with Crippen molar-refractivity contribution in [3.05, 3.63) is 89.8 Å². The van der Waals surface area contributed by atoms with Gasteiger partial charge in [0.1, 0.15) is 5.52 Å². The molecule has 6 nitrogen and oxygen atoms in total. The Morgan fingerprint density at radius 2 is 1.66 bits per heavy atom. The molecule has 0 fully saturated rings. The summed E-state index contributed by atoms with van der Waals surface area (Å²) in [7, 11) is -3.44. The van der Waals surface area contributed by atoms with Crippen LogP contribution in [0.5, 0.6) is 0 Å². The Hall–Kier alpha value is -3.45. The largest absolute Gasteiger partial charge is 0.440 e. The van der Waals surface area contributed by atoms with Crippen molar-refractivity contribution in [2.75, 3.05) is 5.32 Å². The number of carbonyl (C=O) groups is 1. The summed E-state index contributed by atoms with van der Waals surface area (Å²) in [5, 5.41) is 2.85. The molecule has 164 valence electrons. The molecule has 0 spiro atoms. The van der Waals surface area contributed by atoms with Gasteiger partial charge in [0.15, 0.2) is 15.4 Å². The summed E-state index contributed by atoms with van der Waals surface area (Å²) in [5.74, 6) is 0.219. The third-order valence-electron chi connectivity index (χ3n) is 4.96. The van der Waals surface area contributed by atoms with Gasteiger partial charge in [-0.2, -0.15) is 0 Å². The van der Waals surface area contributed by atoms with Gasteiger partial charge in [0, 0.05) is 16.7 Å². The predicted molar refractivity (Wildman–Crippen MR) is 124 cm³/mol. The minimum absolute atomic E-state index is 0.127. The van der Waals surface area contributed by atoms with E-state index >= 15 is 0 Å². The average molecular weight is 449 g/mol. The molecule has 7 heteroatoms. The molecule has 0 atom stereocenters. The third kappa shape index (κ3) is 4.73. The van der Waals surface area contributed by atoms with E-state index in [1.54, 1.807) is 72.8 Å². The Bertz CT molecular complexity index is 1370. The topological polar surface area (TPSA) is 89.3 Å². The number of nitrogens with one attached hydrogen (secondary N) is 1. The third-order valence-corrected chi connectivity index (χ3v) is 6.67. The molecule has 32 heavy (non-hydrogen) atoms. The first-order valence-corrected chi connectivity index (χ1v) is 11.9. The summed E-state index contributed by atoms with van der Waals surface area (Å²) in [6, 6.07) is 20.2. The Morgan fingerprint density at radius 1 is 0.969 bits per heavy atom. The summed E-state index contributed by atoms with van der Waals surface area (Å²) >= 11 is 0. The molecule has 1 N–H and O–H groups in total. The fourth-order valence-electron chi connectivity index (χ4n) is 3.21. The minimum Gasteiger partial charge on any atom is -0.440 e. The number of hydrogen-bond acceptors (Lipinski definition) is 5. The van der Waals surface area contributed by atoms with Crippen LogP contribution in [0.15, 0.2) is 82.1 Å². The van der Waals surface area contributed by atoms with E-state index in [1.165, 1.54) is 0 Å². The Labute approximate surface area is 187 Å². The van der Waals surface area contributed by atoms with Gasteiger partial charge in [-0.1, -0.05) is 51.1 Å². The van der Waals surface area contributed by atoms with E-state index in [9.17, 15) is 13.2 Å². The first-order chi connectivity index (χ1) is 15.1. The number of aromatic nitrogens is 1. The van der Waals surface area contributed by atoms with Crippen molar-refractivity contribution >= 4 is 32.5 Å². The van der Waals surface area contributed by atoms with Crippen molar-refractivity contribution < 1.29 is 17.6 Å².